The lowest BCUT2D eigenvalue weighted by molar-refractivity contribution is 0.0927. The van der Waals surface area contributed by atoms with Gasteiger partial charge in [-0.3, -0.25) is 9.89 Å². The lowest BCUT2D eigenvalue weighted by Crippen LogP contribution is -2.31. The SMILES string of the molecule is COc1ccc2[nH]c3c(c2c1)CCCC3NC(=O)c1cc(CC(C)C)[nH]n1. The van der Waals surface area contributed by atoms with Crippen molar-refractivity contribution in [2.24, 2.45) is 5.92 Å². The molecule has 0 saturated carbocycles. The van der Waals surface area contributed by atoms with Gasteiger partial charge in [0.15, 0.2) is 0 Å². The number of H-pyrrole nitrogens is 2. The van der Waals surface area contributed by atoms with Crippen LogP contribution < -0.4 is 10.1 Å². The van der Waals surface area contributed by atoms with Gasteiger partial charge in [0, 0.05) is 22.3 Å². The molecule has 0 saturated heterocycles. The fourth-order valence-electron chi connectivity index (χ4n) is 3.97. The van der Waals surface area contributed by atoms with Crippen LogP contribution in [0.2, 0.25) is 0 Å². The van der Waals surface area contributed by atoms with Gasteiger partial charge in [-0.15, -0.1) is 0 Å². The molecule has 2 aromatic heterocycles. The van der Waals surface area contributed by atoms with Crippen LogP contribution in [0.3, 0.4) is 0 Å². The average Bonchev–Trinajstić information content (AvgIpc) is 3.26. The molecule has 3 aromatic rings. The van der Waals surface area contributed by atoms with Gasteiger partial charge in [0.2, 0.25) is 0 Å². The number of nitrogens with zero attached hydrogens (tertiary/aromatic N) is 1. The molecule has 0 fully saturated rings. The molecule has 0 radical (unpaired) electrons. The first-order valence-corrected chi connectivity index (χ1v) is 9.58. The van der Waals surface area contributed by atoms with Crippen LogP contribution >= 0.6 is 0 Å². The maximum atomic E-state index is 12.7. The lowest BCUT2D eigenvalue weighted by Gasteiger charge is -2.23. The molecule has 3 N–H and O–H groups in total. The predicted octanol–water partition coefficient (Wildman–Crippen LogP) is 3.91. The summed E-state index contributed by atoms with van der Waals surface area (Å²) in [7, 11) is 1.68. The Morgan fingerprint density at radius 1 is 1.37 bits per heavy atom. The second-order valence-corrected chi connectivity index (χ2v) is 7.72. The fraction of sp³-hybridized carbons (Fsp3) is 0.429. The van der Waals surface area contributed by atoms with Crippen LogP contribution in [0.5, 0.6) is 5.75 Å². The number of fused-ring (bicyclic) bond motifs is 3. The number of hydrogen-bond acceptors (Lipinski definition) is 3. The first kappa shape index (κ1) is 17.6. The van der Waals surface area contributed by atoms with Crippen molar-refractivity contribution in [1.82, 2.24) is 20.5 Å². The number of aromatic nitrogens is 3. The predicted molar refractivity (Wildman–Crippen MR) is 105 cm³/mol. The number of amides is 1. The highest BCUT2D eigenvalue weighted by Gasteiger charge is 2.26. The van der Waals surface area contributed by atoms with E-state index in [2.05, 4.69) is 40.4 Å². The smallest absolute Gasteiger partial charge is 0.272 e. The molecule has 1 atom stereocenters. The quantitative estimate of drug-likeness (QED) is 0.640. The van der Waals surface area contributed by atoms with Crippen molar-refractivity contribution in [2.75, 3.05) is 7.11 Å². The normalized spacial score (nSPS) is 16.5. The zero-order chi connectivity index (χ0) is 19.0. The van der Waals surface area contributed by atoms with Gasteiger partial charge in [-0.1, -0.05) is 13.8 Å². The number of aromatic amines is 2. The maximum absolute atomic E-state index is 12.7. The number of carbonyl (C=O) groups is 1. The average molecular weight is 366 g/mol. The van der Waals surface area contributed by atoms with Gasteiger partial charge >= 0.3 is 0 Å². The van der Waals surface area contributed by atoms with E-state index >= 15 is 0 Å². The Bertz CT molecular complexity index is 970. The minimum absolute atomic E-state index is 0.0232. The molecule has 0 aliphatic heterocycles. The van der Waals surface area contributed by atoms with E-state index < -0.39 is 0 Å². The zero-order valence-corrected chi connectivity index (χ0v) is 16.1. The molecular weight excluding hydrogens is 340 g/mol. The van der Waals surface area contributed by atoms with Crippen LogP contribution in [0.15, 0.2) is 24.3 Å². The molecule has 2 heterocycles. The van der Waals surface area contributed by atoms with Crippen molar-refractivity contribution in [1.29, 1.82) is 0 Å². The van der Waals surface area contributed by atoms with Gasteiger partial charge in [-0.2, -0.15) is 5.10 Å². The number of rotatable bonds is 5. The van der Waals surface area contributed by atoms with Gasteiger partial charge in [-0.05, 0) is 61.4 Å². The fourth-order valence-corrected chi connectivity index (χ4v) is 3.97. The Kier molecular flexibility index (Phi) is 4.64. The van der Waals surface area contributed by atoms with Crippen LogP contribution in [0.25, 0.3) is 10.9 Å². The first-order chi connectivity index (χ1) is 13.0. The van der Waals surface area contributed by atoms with Crippen molar-refractivity contribution >= 4 is 16.8 Å². The maximum Gasteiger partial charge on any atom is 0.272 e. The summed E-state index contributed by atoms with van der Waals surface area (Å²) in [6, 6.07) is 7.90. The standard InChI is InChI=1S/C21H26N4O2/c1-12(2)9-13-10-19(25-24-13)21(26)23-18-6-4-5-15-16-11-14(27-3)7-8-17(16)22-20(15)18/h7-8,10-12,18,22H,4-6,9H2,1-3H3,(H,23,26)(H,24,25). The van der Waals surface area contributed by atoms with Gasteiger partial charge in [0.05, 0.1) is 13.2 Å². The summed E-state index contributed by atoms with van der Waals surface area (Å²) in [6.07, 6.45) is 3.86. The van der Waals surface area contributed by atoms with Crippen molar-refractivity contribution in [3.05, 3.63) is 46.9 Å². The van der Waals surface area contributed by atoms with E-state index in [1.165, 1.54) is 10.9 Å². The van der Waals surface area contributed by atoms with Crippen LogP contribution in [0.4, 0.5) is 0 Å². The number of benzene rings is 1. The van der Waals surface area contributed by atoms with Gasteiger partial charge in [0.1, 0.15) is 11.4 Å². The van der Waals surface area contributed by atoms with Gasteiger partial charge in [-0.25, -0.2) is 0 Å². The third-order valence-corrected chi connectivity index (χ3v) is 5.21. The Hall–Kier alpha value is -2.76. The summed E-state index contributed by atoms with van der Waals surface area (Å²) in [6.45, 7) is 4.30. The Balaban J connectivity index is 1.57. The minimum atomic E-state index is -0.129. The molecule has 1 amide bonds. The Labute approximate surface area is 158 Å². The van der Waals surface area contributed by atoms with Gasteiger partial charge in [0.25, 0.3) is 5.91 Å². The number of nitrogens with one attached hydrogen (secondary N) is 3. The lowest BCUT2D eigenvalue weighted by atomic mass is 9.91. The largest absolute Gasteiger partial charge is 0.497 e. The van der Waals surface area contributed by atoms with Crippen LogP contribution in [-0.4, -0.2) is 28.2 Å². The topological polar surface area (TPSA) is 82.8 Å². The van der Waals surface area contributed by atoms with Crippen molar-refractivity contribution in [3.63, 3.8) is 0 Å². The van der Waals surface area contributed by atoms with E-state index in [0.717, 1.165) is 48.3 Å². The monoisotopic (exact) mass is 366 g/mol. The van der Waals surface area contributed by atoms with Crippen molar-refractivity contribution in [3.8, 4) is 5.75 Å². The summed E-state index contributed by atoms with van der Waals surface area (Å²) in [4.78, 5) is 16.2. The Morgan fingerprint density at radius 3 is 3.00 bits per heavy atom. The summed E-state index contributed by atoms with van der Waals surface area (Å²) in [5.41, 5.74) is 4.92. The molecule has 0 bridgehead atoms. The number of ether oxygens (including phenoxy) is 1. The van der Waals surface area contributed by atoms with Crippen LogP contribution in [0, 0.1) is 5.92 Å². The second-order valence-electron chi connectivity index (χ2n) is 7.72. The molecule has 1 aromatic carbocycles. The van der Waals surface area contributed by atoms with Gasteiger partial charge < -0.3 is 15.0 Å². The highest BCUT2D eigenvalue weighted by atomic mass is 16.5. The van der Waals surface area contributed by atoms with E-state index in [1.807, 2.05) is 18.2 Å². The summed E-state index contributed by atoms with van der Waals surface area (Å²) in [5.74, 6) is 1.24. The summed E-state index contributed by atoms with van der Waals surface area (Å²) in [5, 5.41) is 11.5. The second kappa shape index (κ2) is 7.10. The molecular formula is C21H26N4O2. The first-order valence-electron chi connectivity index (χ1n) is 9.58. The molecule has 1 unspecified atom stereocenters. The highest BCUT2D eigenvalue weighted by molar-refractivity contribution is 5.93. The molecule has 1 aliphatic rings. The molecule has 142 valence electrons. The molecule has 0 spiro atoms. The number of hydrogen-bond donors (Lipinski definition) is 3. The van der Waals surface area contributed by atoms with Crippen LogP contribution in [-0.2, 0) is 12.8 Å². The number of carbonyl (C=O) groups excluding carboxylic acids is 1. The zero-order valence-electron chi connectivity index (χ0n) is 16.1. The van der Waals surface area contributed by atoms with E-state index in [-0.39, 0.29) is 11.9 Å². The Morgan fingerprint density at radius 2 is 2.22 bits per heavy atom. The number of aryl methyl sites for hydroxylation is 1. The summed E-state index contributed by atoms with van der Waals surface area (Å²) >= 11 is 0. The molecule has 6 nitrogen and oxygen atoms in total. The van der Waals surface area contributed by atoms with E-state index in [1.54, 1.807) is 7.11 Å². The highest BCUT2D eigenvalue weighted by Crippen LogP contribution is 2.36. The molecule has 1 aliphatic carbocycles. The number of methoxy groups -OCH3 is 1. The van der Waals surface area contributed by atoms with E-state index in [9.17, 15) is 4.79 Å². The van der Waals surface area contributed by atoms with Crippen molar-refractivity contribution in [2.45, 2.75) is 45.6 Å². The molecule has 4 rings (SSSR count). The molecule has 6 heteroatoms. The minimum Gasteiger partial charge on any atom is -0.497 e. The van der Waals surface area contributed by atoms with E-state index in [0.29, 0.717) is 11.6 Å². The third kappa shape index (κ3) is 3.44. The third-order valence-electron chi connectivity index (χ3n) is 5.21. The van der Waals surface area contributed by atoms with Crippen molar-refractivity contribution < 1.29 is 9.53 Å². The molecule has 27 heavy (non-hydrogen) atoms. The van der Waals surface area contributed by atoms with Crippen LogP contribution in [0.1, 0.15) is 60.2 Å². The van der Waals surface area contributed by atoms with E-state index in [4.69, 9.17) is 4.74 Å². The summed E-state index contributed by atoms with van der Waals surface area (Å²) < 4.78 is 5.37.